The lowest BCUT2D eigenvalue weighted by atomic mass is 9.35. The summed E-state index contributed by atoms with van der Waals surface area (Å²) in [7, 11) is 0. The van der Waals surface area contributed by atoms with E-state index in [0.717, 1.165) is 57.8 Å². The first-order chi connectivity index (χ1) is 20.7. The minimum Gasteiger partial charge on any atom is -0.394 e. The molecule has 16 atom stereocenters. The second-order valence-corrected chi connectivity index (χ2v) is 18.3. The van der Waals surface area contributed by atoms with E-state index in [1.807, 2.05) is 13.8 Å². The van der Waals surface area contributed by atoms with Crippen molar-refractivity contribution in [2.75, 3.05) is 6.61 Å². The average Bonchev–Trinajstić information content (AvgIpc) is 3.54. The number of hydrogen-bond donors (Lipinski definition) is 6. The third kappa shape index (κ3) is 4.95. The summed E-state index contributed by atoms with van der Waals surface area (Å²) in [5.41, 5.74) is -1.49. The van der Waals surface area contributed by atoms with Crippen LogP contribution in [0, 0.1) is 45.3 Å². The van der Waals surface area contributed by atoms with E-state index >= 15 is 0 Å². The van der Waals surface area contributed by atoms with Gasteiger partial charge in [-0.05, 0) is 124 Å². The Labute approximate surface area is 270 Å². The zero-order valence-corrected chi connectivity index (χ0v) is 28.9. The normalized spacial score (nSPS) is 56.4. The van der Waals surface area contributed by atoms with Gasteiger partial charge in [0.05, 0.1) is 36.1 Å². The van der Waals surface area contributed by atoms with Gasteiger partial charge in [0, 0.05) is 0 Å². The van der Waals surface area contributed by atoms with Gasteiger partial charge in [-0.15, -0.1) is 0 Å². The van der Waals surface area contributed by atoms with Gasteiger partial charge in [-0.3, -0.25) is 0 Å². The van der Waals surface area contributed by atoms with E-state index in [1.54, 1.807) is 0 Å². The molecule has 0 aromatic heterocycles. The topological polar surface area (TPSA) is 149 Å². The smallest absolute Gasteiger partial charge is 0.186 e. The number of rotatable bonds is 5. The zero-order valence-electron chi connectivity index (χ0n) is 28.9. The fraction of sp³-hybridized carbons (Fsp3) is 1.00. The van der Waals surface area contributed by atoms with Crippen molar-refractivity contribution in [2.45, 2.75) is 173 Å². The maximum absolute atomic E-state index is 12.2. The van der Waals surface area contributed by atoms with E-state index in [2.05, 4.69) is 41.5 Å². The highest BCUT2D eigenvalue weighted by atomic mass is 16.7. The molecule has 2 aliphatic heterocycles. The van der Waals surface area contributed by atoms with Crippen molar-refractivity contribution in [3.8, 4) is 0 Å². The van der Waals surface area contributed by atoms with Gasteiger partial charge in [0.15, 0.2) is 6.29 Å². The van der Waals surface area contributed by atoms with Crippen LogP contribution in [-0.4, -0.2) is 97.5 Å². The fourth-order valence-corrected chi connectivity index (χ4v) is 12.6. The molecule has 6 aliphatic rings. The molecule has 4 saturated carbocycles. The molecule has 2 saturated heterocycles. The number of aliphatic hydroxyl groups excluding tert-OH is 5. The van der Waals surface area contributed by atoms with E-state index in [0.29, 0.717) is 11.8 Å². The number of hydrogen-bond acceptors (Lipinski definition) is 9. The second kappa shape index (κ2) is 11.1. The highest BCUT2D eigenvalue weighted by Gasteiger charge is 2.72. The fourth-order valence-electron chi connectivity index (χ4n) is 12.6. The molecule has 1 unspecified atom stereocenters. The molecule has 0 aromatic rings. The molecule has 9 nitrogen and oxygen atoms in total. The van der Waals surface area contributed by atoms with E-state index in [1.165, 1.54) is 0 Å². The quantitative estimate of drug-likeness (QED) is 0.249. The maximum Gasteiger partial charge on any atom is 0.186 e. The molecule has 9 heteroatoms. The van der Waals surface area contributed by atoms with Crippen molar-refractivity contribution in [3.63, 3.8) is 0 Å². The molecule has 260 valence electrons. The summed E-state index contributed by atoms with van der Waals surface area (Å²) < 4.78 is 18.9. The van der Waals surface area contributed by atoms with E-state index < -0.39 is 49.0 Å². The lowest BCUT2D eigenvalue weighted by molar-refractivity contribution is -0.332. The first kappa shape index (κ1) is 34.5. The molecule has 6 rings (SSSR count). The largest absolute Gasteiger partial charge is 0.394 e. The Balaban J connectivity index is 1.23. The molecule has 45 heavy (non-hydrogen) atoms. The molecule has 0 bridgehead atoms. The highest BCUT2D eigenvalue weighted by molar-refractivity contribution is 5.20. The average molecular weight is 639 g/mol. The van der Waals surface area contributed by atoms with E-state index in [-0.39, 0.29) is 51.3 Å². The molecule has 2 heterocycles. The molecule has 4 aliphatic carbocycles. The predicted octanol–water partition coefficient (Wildman–Crippen LogP) is 3.54. The summed E-state index contributed by atoms with van der Waals surface area (Å²) in [6.07, 6.45) is 1.20. The summed E-state index contributed by atoms with van der Waals surface area (Å²) >= 11 is 0. The molecular formula is C36H62O9. The number of ether oxygens (including phenoxy) is 3. The highest BCUT2D eigenvalue weighted by Crippen LogP contribution is 2.76. The van der Waals surface area contributed by atoms with Crippen molar-refractivity contribution >= 4 is 0 Å². The zero-order chi connectivity index (χ0) is 33.1. The Hall–Kier alpha value is -0.360. The van der Waals surface area contributed by atoms with Gasteiger partial charge in [-0.25, -0.2) is 0 Å². The van der Waals surface area contributed by atoms with Crippen LogP contribution in [0.5, 0.6) is 0 Å². The Morgan fingerprint density at radius 1 is 0.778 bits per heavy atom. The third-order valence-corrected chi connectivity index (χ3v) is 15.4. The lowest BCUT2D eigenvalue weighted by Crippen LogP contribution is -2.67. The minimum atomic E-state index is -1.46. The summed E-state index contributed by atoms with van der Waals surface area (Å²) in [6, 6.07) is 0. The van der Waals surface area contributed by atoms with Crippen molar-refractivity contribution < 1.29 is 44.8 Å². The molecule has 0 radical (unpaired) electrons. The summed E-state index contributed by atoms with van der Waals surface area (Å²) in [4.78, 5) is 0. The van der Waals surface area contributed by atoms with Crippen LogP contribution in [-0.2, 0) is 14.2 Å². The second-order valence-electron chi connectivity index (χ2n) is 18.3. The number of fused-ring (bicyclic) bond motifs is 5. The van der Waals surface area contributed by atoms with Crippen LogP contribution >= 0.6 is 0 Å². The van der Waals surface area contributed by atoms with Crippen LogP contribution in [0.4, 0.5) is 0 Å². The summed E-state index contributed by atoms with van der Waals surface area (Å²) in [5, 5.41) is 63.9. The Morgan fingerprint density at radius 3 is 2.07 bits per heavy atom. The first-order valence-corrected chi connectivity index (χ1v) is 17.8. The molecular weight excluding hydrogens is 576 g/mol. The molecule has 0 amide bonds. The van der Waals surface area contributed by atoms with Crippen LogP contribution < -0.4 is 0 Å². The third-order valence-electron chi connectivity index (χ3n) is 15.4. The van der Waals surface area contributed by atoms with Crippen molar-refractivity contribution in [1.29, 1.82) is 0 Å². The van der Waals surface area contributed by atoms with Crippen molar-refractivity contribution in [1.82, 2.24) is 0 Å². The Kier molecular flexibility index (Phi) is 8.49. The summed E-state index contributed by atoms with van der Waals surface area (Å²) in [5.74, 6) is 1.07. The Bertz CT molecular complexity index is 1110. The first-order valence-electron chi connectivity index (χ1n) is 17.8. The monoisotopic (exact) mass is 638 g/mol. The molecule has 0 spiro atoms. The van der Waals surface area contributed by atoms with Crippen LogP contribution in [0.2, 0.25) is 0 Å². The SMILES string of the molecule is CC(C)(O)[C@H]1CC[C@@](C)(C2CC[C@]3(C)[C@@H]2[C@H](O)C[C@@H]2[C@@]4(C)CC[C@H](O[C@@H]5O[C@H](CO)[C@@H](O)[C@H](O)[C@H]5O)C(C)(C)[C@@H]4CC[C@]23C)O1. The standard InChI is InChI=1S/C36H62O9/c1-31(2)22-10-15-34(6)23(33(22,5)13-11-24(31)44-30-29(41)28(40)27(39)21(18-37)43-30)17-20(38)26-19(9-14-35(26,34)7)36(8)16-12-25(45-36)32(3,4)42/h19-30,37-42H,9-18H2,1-8H3/t19?,20-,21-,22+,23-,24+,25-,26+,27-,28+,29-,30+,33+,34-,35-,36+/m1/s1. The van der Waals surface area contributed by atoms with Gasteiger partial charge < -0.3 is 44.8 Å². The van der Waals surface area contributed by atoms with Gasteiger partial charge in [0.1, 0.15) is 24.4 Å². The van der Waals surface area contributed by atoms with Crippen LogP contribution in [0.25, 0.3) is 0 Å². The molecule has 0 aromatic carbocycles. The predicted molar refractivity (Wildman–Crippen MR) is 168 cm³/mol. The van der Waals surface area contributed by atoms with Gasteiger partial charge in [0.2, 0.25) is 0 Å². The lowest BCUT2D eigenvalue weighted by Gasteiger charge is -2.70. The van der Waals surface area contributed by atoms with Crippen LogP contribution in [0.15, 0.2) is 0 Å². The van der Waals surface area contributed by atoms with E-state index in [4.69, 9.17) is 14.2 Å². The number of aliphatic hydroxyl groups is 6. The van der Waals surface area contributed by atoms with Crippen molar-refractivity contribution in [3.05, 3.63) is 0 Å². The maximum atomic E-state index is 12.2. The molecule has 6 N–H and O–H groups in total. The van der Waals surface area contributed by atoms with Crippen LogP contribution in [0.1, 0.15) is 113 Å². The van der Waals surface area contributed by atoms with E-state index in [9.17, 15) is 30.6 Å². The van der Waals surface area contributed by atoms with Gasteiger partial charge in [0.25, 0.3) is 0 Å². The molecule has 6 fully saturated rings. The van der Waals surface area contributed by atoms with Gasteiger partial charge in [-0.1, -0.05) is 34.6 Å². The Morgan fingerprint density at radius 2 is 1.44 bits per heavy atom. The van der Waals surface area contributed by atoms with Gasteiger partial charge >= 0.3 is 0 Å². The van der Waals surface area contributed by atoms with Crippen LogP contribution in [0.3, 0.4) is 0 Å². The van der Waals surface area contributed by atoms with Gasteiger partial charge in [-0.2, -0.15) is 0 Å². The minimum absolute atomic E-state index is 0.0153. The summed E-state index contributed by atoms with van der Waals surface area (Å²) in [6.45, 7) is 17.4. The van der Waals surface area contributed by atoms with Crippen molar-refractivity contribution in [2.24, 2.45) is 45.3 Å².